The predicted octanol–water partition coefficient (Wildman–Crippen LogP) is 5.36. The van der Waals surface area contributed by atoms with Crippen molar-refractivity contribution in [3.63, 3.8) is 0 Å². The molecule has 24 heavy (non-hydrogen) atoms. The first kappa shape index (κ1) is 17.1. The van der Waals surface area contributed by atoms with E-state index in [1.54, 1.807) is 16.6 Å². The second kappa shape index (κ2) is 7.45. The number of hydrogen-bond donors (Lipinski definition) is 0. The van der Waals surface area contributed by atoms with Crippen LogP contribution in [0.25, 0.3) is 16.9 Å². The smallest absolute Gasteiger partial charge is 0.206 e. The van der Waals surface area contributed by atoms with Gasteiger partial charge in [0.15, 0.2) is 0 Å². The lowest BCUT2D eigenvalue weighted by Crippen LogP contribution is -2.06. The molecule has 0 aliphatic carbocycles. The number of halogens is 3. The maximum atomic E-state index is 14.4. The Labute approximate surface area is 149 Å². The molecule has 0 fully saturated rings. The van der Waals surface area contributed by atoms with Gasteiger partial charge in [0.1, 0.15) is 17.3 Å². The zero-order valence-corrected chi connectivity index (χ0v) is 14.8. The Balaban J connectivity index is 2.16. The number of hydrogen-bond acceptors (Lipinski definition) is 3. The number of fused-ring (bicyclic) bond motifs is 1. The summed E-state index contributed by atoms with van der Waals surface area (Å²) in [5.74, 6) is -0.0258. The van der Waals surface area contributed by atoms with Crippen molar-refractivity contribution in [1.82, 2.24) is 19.6 Å². The van der Waals surface area contributed by atoms with Crippen LogP contribution in [0.4, 0.5) is 4.39 Å². The average molecular weight is 367 g/mol. The first-order valence-corrected chi connectivity index (χ1v) is 8.71. The van der Waals surface area contributed by atoms with Gasteiger partial charge >= 0.3 is 0 Å². The highest BCUT2D eigenvalue weighted by molar-refractivity contribution is 6.36. The Morgan fingerprint density at radius 2 is 1.96 bits per heavy atom. The molecule has 126 valence electrons. The summed E-state index contributed by atoms with van der Waals surface area (Å²) >= 11 is 12.6. The van der Waals surface area contributed by atoms with Crippen molar-refractivity contribution in [1.29, 1.82) is 0 Å². The third kappa shape index (κ3) is 3.23. The summed E-state index contributed by atoms with van der Waals surface area (Å²) in [7, 11) is 0. The molecule has 0 aliphatic rings. The van der Waals surface area contributed by atoms with Gasteiger partial charge in [-0.3, -0.25) is 0 Å². The van der Waals surface area contributed by atoms with Gasteiger partial charge in [-0.1, -0.05) is 55.5 Å². The van der Waals surface area contributed by atoms with Gasteiger partial charge in [0.25, 0.3) is 5.78 Å². The molecular formula is C17H17Cl2FN4. The molecule has 4 nitrogen and oxygen atoms in total. The lowest BCUT2D eigenvalue weighted by molar-refractivity contribution is 0.628. The lowest BCUT2D eigenvalue weighted by atomic mass is 10.0. The second-order valence-electron chi connectivity index (χ2n) is 5.60. The third-order valence-corrected chi connectivity index (χ3v) is 4.55. The van der Waals surface area contributed by atoms with Crippen molar-refractivity contribution in [3.05, 3.63) is 46.2 Å². The standard InChI is InChI=1S/C17H17Cl2FN4/c1-2-3-4-5-9-13-15(14-11(18)7-6-8-12(14)20)16(19)23-17-21-10-22-24(13)17/h6-8,10H,2-5,9H2,1H3. The number of unbranched alkanes of at least 4 members (excludes halogenated alkanes) is 3. The van der Waals surface area contributed by atoms with Crippen molar-refractivity contribution in [2.75, 3.05) is 0 Å². The summed E-state index contributed by atoms with van der Waals surface area (Å²) < 4.78 is 16.1. The number of rotatable bonds is 6. The van der Waals surface area contributed by atoms with Gasteiger partial charge in [-0.15, -0.1) is 0 Å². The van der Waals surface area contributed by atoms with Gasteiger partial charge in [-0.05, 0) is 25.0 Å². The van der Waals surface area contributed by atoms with Gasteiger partial charge in [-0.2, -0.15) is 15.1 Å². The molecule has 0 bridgehead atoms. The molecule has 0 spiro atoms. The quantitative estimate of drug-likeness (QED) is 0.435. The number of aromatic nitrogens is 4. The fourth-order valence-electron chi connectivity index (χ4n) is 2.80. The van der Waals surface area contributed by atoms with E-state index in [2.05, 4.69) is 22.0 Å². The zero-order chi connectivity index (χ0) is 17.1. The minimum Gasteiger partial charge on any atom is -0.206 e. The monoisotopic (exact) mass is 366 g/mol. The van der Waals surface area contributed by atoms with Crippen LogP contribution in [0.5, 0.6) is 0 Å². The van der Waals surface area contributed by atoms with Gasteiger partial charge in [0.05, 0.1) is 10.7 Å². The molecule has 0 saturated heterocycles. The maximum absolute atomic E-state index is 14.4. The van der Waals surface area contributed by atoms with Crippen LogP contribution in [0.3, 0.4) is 0 Å². The molecule has 0 aliphatic heterocycles. The highest BCUT2D eigenvalue weighted by Crippen LogP contribution is 2.37. The number of aryl methyl sites for hydroxylation is 1. The van der Waals surface area contributed by atoms with Crippen molar-refractivity contribution in [3.8, 4) is 11.1 Å². The summed E-state index contributed by atoms with van der Waals surface area (Å²) in [4.78, 5) is 8.32. The molecule has 2 heterocycles. The Hall–Kier alpha value is -1.72. The number of benzene rings is 1. The van der Waals surface area contributed by atoms with E-state index >= 15 is 0 Å². The number of nitrogens with zero attached hydrogens (tertiary/aromatic N) is 4. The van der Waals surface area contributed by atoms with Crippen LogP contribution in [0.15, 0.2) is 24.5 Å². The van der Waals surface area contributed by atoms with E-state index < -0.39 is 5.82 Å². The van der Waals surface area contributed by atoms with E-state index in [0.29, 0.717) is 22.8 Å². The van der Waals surface area contributed by atoms with Crippen LogP contribution < -0.4 is 0 Å². The Morgan fingerprint density at radius 3 is 2.71 bits per heavy atom. The van der Waals surface area contributed by atoms with Crippen LogP contribution >= 0.6 is 23.2 Å². The molecule has 2 aromatic heterocycles. The molecule has 3 rings (SSSR count). The Morgan fingerprint density at radius 1 is 1.12 bits per heavy atom. The first-order chi connectivity index (χ1) is 11.6. The summed E-state index contributed by atoms with van der Waals surface area (Å²) in [6.45, 7) is 2.16. The summed E-state index contributed by atoms with van der Waals surface area (Å²) in [6.07, 6.45) is 6.43. The van der Waals surface area contributed by atoms with Crippen LogP contribution in [0.1, 0.15) is 38.3 Å². The van der Waals surface area contributed by atoms with Crippen molar-refractivity contribution < 1.29 is 4.39 Å². The summed E-state index contributed by atoms with van der Waals surface area (Å²) in [5.41, 5.74) is 1.54. The van der Waals surface area contributed by atoms with Crippen molar-refractivity contribution >= 4 is 29.0 Å². The molecule has 3 aromatic rings. The topological polar surface area (TPSA) is 43.1 Å². The van der Waals surface area contributed by atoms with Gasteiger partial charge < -0.3 is 0 Å². The minimum absolute atomic E-state index is 0.188. The van der Waals surface area contributed by atoms with Gasteiger partial charge in [-0.25, -0.2) is 8.91 Å². The molecule has 1 aromatic carbocycles. The lowest BCUT2D eigenvalue weighted by Gasteiger charge is -2.14. The van der Waals surface area contributed by atoms with E-state index in [1.807, 2.05) is 0 Å². The largest absolute Gasteiger partial charge is 0.253 e. The average Bonchev–Trinajstić information content (AvgIpc) is 3.01. The Kier molecular flexibility index (Phi) is 5.31. The second-order valence-corrected chi connectivity index (χ2v) is 6.37. The molecule has 0 atom stereocenters. The SMILES string of the molecule is CCCCCCc1c(-c2c(F)cccc2Cl)c(Cl)nc2ncnn12. The Bertz CT molecular complexity index is 843. The summed E-state index contributed by atoms with van der Waals surface area (Å²) in [5, 5.41) is 4.71. The van der Waals surface area contributed by atoms with E-state index in [9.17, 15) is 4.39 Å². The van der Waals surface area contributed by atoms with E-state index in [-0.39, 0.29) is 10.7 Å². The van der Waals surface area contributed by atoms with Gasteiger partial charge in [0.2, 0.25) is 0 Å². The van der Waals surface area contributed by atoms with Crippen LogP contribution in [-0.2, 0) is 6.42 Å². The molecular weight excluding hydrogens is 350 g/mol. The molecule has 7 heteroatoms. The van der Waals surface area contributed by atoms with E-state index in [1.165, 1.54) is 12.4 Å². The zero-order valence-electron chi connectivity index (χ0n) is 13.3. The normalized spacial score (nSPS) is 11.3. The molecule has 0 unspecified atom stereocenters. The van der Waals surface area contributed by atoms with E-state index in [4.69, 9.17) is 23.2 Å². The first-order valence-electron chi connectivity index (χ1n) is 7.96. The predicted molar refractivity (Wildman–Crippen MR) is 94.0 cm³/mol. The van der Waals surface area contributed by atoms with Crippen molar-refractivity contribution in [2.24, 2.45) is 0 Å². The fraction of sp³-hybridized carbons (Fsp3) is 0.353. The summed E-state index contributed by atoms with van der Waals surface area (Å²) in [6, 6.07) is 4.57. The molecule has 0 radical (unpaired) electrons. The molecule has 0 amide bonds. The fourth-order valence-corrected chi connectivity index (χ4v) is 3.34. The van der Waals surface area contributed by atoms with Crippen LogP contribution in [0.2, 0.25) is 10.2 Å². The third-order valence-electron chi connectivity index (χ3n) is 3.96. The van der Waals surface area contributed by atoms with E-state index in [0.717, 1.165) is 31.4 Å². The van der Waals surface area contributed by atoms with Crippen LogP contribution in [-0.4, -0.2) is 19.6 Å². The highest BCUT2D eigenvalue weighted by atomic mass is 35.5. The van der Waals surface area contributed by atoms with Crippen LogP contribution in [0, 0.1) is 5.82 Å². The van der Waals surface area contributed by atoms with Gasteiger partial charge in [0, 0.05) is 11.1 Å². The van der Waals surface area contributed by atoms with Crippen molar-refractivity contribution in [2.45, 2.75) is 39.0 Å². The highest BCUT2D eigenvalue weighted by Gasteiger charge is 2.21. The minimum atomic E-state index is -0.430. The molecule has 0 saturated carbocycles. The maximum Gasteiger partial charge on any atom is 0.253 e. The molecule has 0 N–H and O–H groups in total.